The van der Waals surface area contributed by atoms with Gasteiger partial charge in [0.05, 0.1) is 0 Å². The van der Waals surface area contributed by atoms with Gasteiger partial charge in [0, 0.05) is 63.1 Å². The summed E-state index contributed by atoms with van der Waals surface area (Å²) in [6.45, 7) is 8.80. The second-order valence-electron chi connectivity index (χ2n) is 8.70. The van der Waals surface area contributed by atoms with Crippen LogP contribution in [-0.2, 0) is 9.59 Å². The van der Waals surface area contributed by atoms with E-state index in [2.05, 4.69) is 37.5 Å². The van der Waals surface area contributed by atoms with Crippen molar-refractivity contribution in [1.29, 1.82) is 0 Å². The number of hydrogen-bond donors (Lipinski definition) is 3. The molecule has 3 heterocycles. The third-order valence-corrected chi connectivity index (χ3v) is 6.55. The lowest BCUT2D eigenvalue weighted by atomic mass is 10.1. The standard InChI is InChI=1S/C22H34N6O2/c23-17-7-9-26(10-8-17)11-12-27-13-15-28(16-14-27)19-3-1-18(2-4-19)24-20-5-6-21(29)25-22(20)30/h1-4,17,20,24H,5-16,23H2,(H,25,29,30). The lowest BCUT2D eigenvalue weighted by Crippen LogP contribution is -2.49. The molecule has 1 aromatic rings. The van der Waals surface area contributed by atoms with Gasteiger partial charge >= 0.3 is 0 Å². The van der Waals surface area contributed by atoms with Gasteiger partial charge in [-0.25, -0.2) is 0 Å². The summed E-state index contributed by atoms with van der Waals surface area (Å²) in [4.78, 5) is 30.7. The van der Waals surface area contributed by atoms with Crippen molar-refractivity contribution in [2.45, 2.75) is 37.8 Å². The average molecular weight is 415 g/mol. The summed E-state index contributed by atoms with van der Waals surface area (Å²) in [5.74, 6) is -0.425. The number of benzene rings is 1. The number of hydrogen-bond acceptors (Lipinski definition) is 7. The lowest BCUT2D eigenvalue weighted by molar-refractivity contribution is -0.133. The second kappa shape index (κ2) is 9.76. The summed E-state index contributed by atoms with van der Waals surface area (Å²) >= 11 is 0. The summed E-state index contributed by atoms with van der Waals surface area (Å²) in [7, 11) is 0. The maximum atomic E-state index is 11.9. The number of piperidine rings is 2. The van der Waals surface area contributed by atoms with Crippen molar-refractivity contribution >= 4 is 23.2 Å². The molecule has 4 rings (SSSR count). The van der Waals surface area contributed by atoms with E-state index < -0.39 is 0 Å². The molecule has 8 nitrogen and oxygen atoms in total. The van der Waals surface area contributed by atoms with Gasteiger partial charge in [0.1, 0.15) is 6.04 Å². The Labute approximate surface area is 178 Å². The monoisotopic (exact) mass is 414 g/mol. The summed E-state index contributed by atoms with van der Waals surface area (Å²) < 4.78 is 0. The Morgan fingerprint density at radius 1 is 0.900 bits per heavy atom. The highest BCUT2D eigenvalue weighted by molar-refractivity contribution is 6.01. The lowest BCUT2D eigenvalue weighted by Gasteiger charge is -2.38. The molecule has 8 heteroatoms. The van der Waals surface area contributed by atoms with Gasteiger partial charge in [0.2, 0.25) is 11.8 Å². The summed E-state index contributed by atoms with van der Waals surface area (Å²) in [5.41, 5.74) is 8.12. The third-order valence-electron chi connectivity index (χ3n) is 6.55. The van der Waals surface area contributed by atoms with Crippen LogP contribution in [0.15, 0.2) is 24.3 Å². The molecule has 3 saturated heterocycles. The molecule has 164 valence electrons. The number of nitrogens with one attached hydrogen (secondary N) is 2. The zero-order chi connectivity index (χ0) is 20.9. The SMILES string of the molecule is NC1CCN(CCN2CCN(c3ccc(NC4CCC(=O)NC4=O)cc3)CC2)CC1. The quantitative estimate of drug-likeness (QED) is 0.582. The number of nitrogens with zero attached hydrogens (tertiary/aromatic N) is 3. The Kier molecular flexibility index (Phi) is 6.86. The van der Waals surface area contributed by atoms with Crippen LogP contribution in [0.25, 0.3) is 0 Å². The topological polar surface area (TPSA) is 93.9 Å². The van der Waals surface area contributed by atoms with Crippen molar-refractivity contribution in [3.63, 3.8) is 0 Å². The number of likely N-dealkylation sites (tertiary alicyclic amines) is 1. The van der Waals surface area contributed by atoms with Crippen LogP contribution in [0.2, 0.25) is 0 Å². The zero-order valence-electron chi connectivity index (χ0n) is 17.7. The summed E-state index contributed by atoms with van der Waals surface area (Å²) in [6.07, 6.45) is 3.18. The Balaban J connectivity index is 1.20. The highest BCUT2D eigenvalue weighted by Gasteiger charge is 2.26. The van der Waals surface area contributed by atoms with Crippen molar-refractivity contribution in [3.8, 4) is 0 Å². The van der Waals surface area contributed by atoms with Crippen LogP contribution in [0.3, 0.4) is 0 Å². The second-order valence-corrected chi connectivity index (χ2v) is 8.70. The van der Waals surface area contributed by atoms with Crippen LogP contribution in [0, 0.1) is 0 Å². The third kappa shape index (κ3) is 5.50. The summed E-state index contributed by atoms with van der Waals surface area (Å²) in [5, 5.41) is 5.62. The van der Waals surface area contributed by atoms with Crippen molar-refractivity contribution in [1.82, 2.24) is 15.1 Å². The van der Waals surface area contributed by atoms with Crippen LogP contribution < -0.4 is 21.3 Å². The van der Waals surface area contributed by atoms with Gasteiger partial charge in [-0.2, -0.15) is 0 Å². The molecule has 30 heavy (non-hydrogen) atoms. The van der Waals surface area contributed by atoms with Crippen molar-refractivity contribution in [2.24, 2.45) is 5.73 Å². The van der Waals surface area contributed by atoms with Gasteiger partial charge in [-0.15, -0.1) is 0 Å². The average Bonchev–Trinajstić information content (AvgIpc) is 2.76. The van der Waals surface area contributed by atoms with Gasteiger partial charge < -0.3 is 20.9 Å². The minimum Gasteiger partial charge on any atom is -0.374 e. The number of imide groups is 1. The van der Waals surface area contributed by atoms with Crippen molar-refractivity contribution in [3.05, 3.63) is 24.3 Å². The fraction of sp³-hybridized carbons (Fsp3) is 0.636. The van der Waals surface area contributed by atoms with Crippen LogP contribution in [0.4, 0.5) is 11.4 Å². The molecular formula is C22H34N6O2. The Hall–Kier alpha value is -2.16. The number of carbonyl (C=O) groups excluding carboxylic acids is 2. The van der Waals surface area contributed by atoms with Gasteiger partial charge in [-0.05, 0) is 56.6 Å². The molecular weight excluding hydrogens is 380 g/mol. The minimum atomic E-state index is -0.340. The molecule has 1 aromatic carbocycles. The fourth-order valence-corrected chi connectivity index (χ4v) is 4.49. The van der Waals surface area contributed by atoms with E-state index in [4.69, 9.17) is 5.73 Å². The first-order chi connectivity index (χ1) is 14.6. The van der Waals surface area contributed by atoms with Gasteiger partial charge in [-0.3, -0.25) is 19.8 Å². The summed E-state index contributed by atoms with van der Waals surface area (Å²) in [6, 6.07) is 8.32. The first-order valence-electron chi connectivity index (χ1n) is 11.2. The molecule has 3 aliphatic heterocycles. The molecule has 0 aliphatic carbocycles. The Bertz CT molecular complexity index is 724. The van der Waals surface area contributed by atoms with E-state index in [-0.39, 0.29) is 17.9 Å². The molecule has 1 unspecified atom stereocenters. The first-order valence-corrected chi connectivity index (χ1v) is 11.2. The molecule has 4 N–H and O–H groups in total. The molecule has 0 aromatic heterocycles. The molecule has 2 amide bonds. The van der Waals surface area contributed by atoms with Crippen LogP contribution in [-0.4, -0.2) is 86.1 Å². The number of piperazine rings is 1. The van der Waals surface area contributed by atoms with E-state index in [9.17, 15) is 9.59 Å². The van der Waals surface area contributed by atoms with E-state index in [0.717, 1.165) is 70.9 Å². The molecule has 0 spiro atoms. The molecule has 1 atom stereocenters. The van der Waals surface area contributed by atoms with E-state index in [1.807, 2.05) is 12.1 Å². The molecule has 0 saturated carbocycles. The van der Waals surface area contributed by atoms with Gasteiger partial charge in [-0.1, -0.05) is 0 Å². The highest BCUT2D eigenvalue weighted by atomic mass is 16.2. The van der Waals surface area contributed by atoms with Gasteiger partial charge in [0.25, 0.3) is 0 Å². The number of anilines is 2. The minimum absolute atomic E-state index is 0.187. The zero-order valence-corrected chi connectivity index (χ0v) is 17.7. The number of rotatable bonds is 6. The van der Waals surface area contributed by atoms with Crippen LogP contribution in [0.5, 0.6) is 0 Å². The molecule has 3 aliphatic rings. The largest absolute Gasteiger partial charge is 0.374 e. The predicted octanol–water partition coefficient (Wildman–Crippen LogP) is 0.449. The van der Waals surface area contributed by atoms with Crippen LogP contribution >= 0.6 is 0 Å². The van der Waals surface area contributed by atoms with Crippen molar-refractivity contribution in [2.75, 3.05) is 62.6 Å². The normalized spacial score (nSPS) is 24.7. The number of amides is 2. The first kappa shape index (κ1) is 21.1. The highest BCUT2D eigenvalue weighted by Crippen LogP contribution is 2.21. The molecule has 0 bridgehead atoms. The number of nitrogens with two attached hydrogens (primary N) is 1. The Morgan fingerprint density at radius 3 is 2.17 bits per heavy atom. The predicted molar refractivity (Wildman–Crippen MR) is 119 cm³/mol. The molecule has 0 radical (unpaired) electrons. The van der Waals surface area contributed by atoms with E-state index in [0.29, 0.717) is 18.9 Å². The van der Waals surface area contributed by atoms with E-state index in [1.54, 1.807) is 0 Å². The van der Waals surface area contributed by atoms with Gasteiger partial charge in [0.15, 0.2) is 0 Å². The maximum absolute atomic E-state index is 11.9. The smallest absolute Gasteiger partial charge is 0.249 e. The van der Waals surface area contributed by atoms with Crippen LogP contribution in [0.1, 0.15) is 25.7 Å². The molecule has 3 fully saturated rings. The Morgan fingerprint density at radius 2 is 1.53 bits per heavy atom. The number of carbonyl (C=O) groups is 2. The maximum Gasteiger partial charge on any atom is 0.249 e. The van der Waals surface area contributed by atoms with E-state index >= 15 is 0 Å². The fourth-order valence-electron chi connectivity index (χ4n) is 4.49. The van der Waals surface area contributed by atoms with E-state index in [1.165, 1.54) is 5.69 Å². The van der Waals surface area contributed by atoms with Crippen molar-refractivity contribution < 1.29 is 9.59 Å².